The normalized spacial score (nSPS) is 4.89. The Hall–Kier alpha value is 0.239. The van der Waals surface area contributed by atoms with Gasteiger partial charge in [-0.3, -0.25) is 0 Å². The van der Waals surface area contributed by atoms with E-state index in [9.17, 15) is 0 Å². The van der Waals surface area contributed by atoms with E-state index in [1.807, 2.05) is 0 Å². The van der Waals surface area contributed by atoms with Crippen molar-refractivity contribution in [3.63, 3.8) is 0 Å². The van der Waals surface area contributed by atoms with Crippen molar-refractivity contribution in [1.82, 2.24) is 0 Å². The molecule has 12 nitrogen and oxygen atoms in total. The van der Waals surface area contributed by atoms with Crippen LogP contribution in [0.15, 0.2) is 0 Å². The second kappa shape index (κ2) is 30.3. The van der Waals surface area contributed by atoms with Crippen LogP contribution in [0.5, 0.6) is 0 Å². The summed E-state index contributed by atoms with van der Waals surface area (Å²) in [4.78, 5) is 35.7. The third-order valence-electron chi connectivity index (χ3n) is 0.333. The van der Waals surface area contributed by atoms with Crippen LogP contribution in [0.3, 0.4) is 0 Å². The van der Waals surface area contributed by atoms with Crippen molar-refractivity contribution >= 4 is 99.4 Å². The molecule has 0 spiro atoms. The van der Waals surface area contributed by atoms with Gasteiger partial charge in [0, 0.05) is 0 Å². The Morgan fingerprint density at radius 1 is 0.444 bits per heavy atom. The number of carbonyl (C=O) groups excluding carboxylic acids is 4. The number of carboxylic acids is 4. The number of aliphatic carboxylic acids is 4. The zero-order chi connectivity index (χ0) is 10.3. The summed E-state index contributed by atoms with van der Waals surface area (Å²) in [7, 11) is 0. The summed E-state index contributed by atoms with van der Waals surface area (Å²) in [6.07, 6.45) is 0. The van der Waals surface area contributed by atoms with Gasteiger partial charge in [-0.25, -0.2) is 0 Å². The predicted octanol–water partition coefficient (Wildman–Crippen LogP) is -11.1. The molecule has 18 heavy (non-hydrogen) atoms. The summed E-state index contributed by atoms with van der Waals surface area (Å²) in [6.45, 7) is 0. The molecule has 0 aliphatic heterocycles. The fourth-order valence-corrected chi connectivity index (χ4v) is 0. The van der Waals surface area contributed by atoms with E-state index in [4.69, 9.17) is 39.6 Å². The van der Waals surface area contributed by atoms with Gasteiger partial charge in [-0.1, -0.05) is 0 Å². The van der Waals surface area contributed by atoms with E-state index >= 15 is 0 Å². The van der Waals surface area contributed by atoms with Crippen molar-refractivity contribution in [3.8, 4) is 0 Å². The van der Waals surface area contributed by atoms with E-state index in [0.717, 1.165) is 0 Å². The second-order valence-electron chi connectivity index (χ2n) is 1.15. The third-order valence-corrected chi connectivity index (χ3v) is 0.333. The van der Waals surface area contributed by atoms with Crippen LogP contribution in [0.4, 0.5) is 0 Å². The van der Waals surface area contributed by atoms with Crippen molar-refractivity contribution < 1.29 is 61.5 Å². The van der Waals surface area contributed by atoms with E-state index < -0.39 is 23.9 Å². The topological polar surface area (TPSA) is 287 Å². The maximum Gasteiger partial charge on any atom is 2.00 e. The SMILES string of the molecule is O.O.O.O.O=C([O-])C(=O)[O-].O=C([O-])C(=O)[O-].[Ca+2].[Ca+2]. The molecule has 0 unspecified atom stereocenters. The first-order valence-corrected chi connectivity index (χ1v) is 2.13. The average molecular weight is 328 g/mol. The molecule has 100 valence electrons. The quantitative estimate of drug-likeness (QED) is 0.302. The monoisotopic (exact) mass is 328 g/mol. The van der Waals surface area contributed by atoms with Crippen LogP contribution in [-0.2, 0) is 19.2 Å². The average Bonchev–Trinajstić information content (AvgIpc) is 1.88. The first kappa shape index (κ1) is 51.7. The van der Waals surface area contributed by atoms with Gasteiger partial charge in [0.15, 0.2) is 0 Å². The van der Waals surface area contributed by atoms with Gasteiger partial charge in [0.05, 0.1) is 23.9 Å². The summed E-state index contributed by atoms with van der Waals surface area (Å²) in [6, 6.07) is 0. The molecular weight excluding hydrogens is 320 g/mol. The first-order valence-electron chi connectivity index (χ1n) is 2.13. The molecule has 0 aromatic carbocycles. The zero-order valence-corrected chi connectivity index (χ0v) is 13.1. The number of rotatable bonds is 0. The molecule has 0 saturated heterocycles. The maximum absolute atomic E-state index is 8.93. The summed E-state index contributed by atoms with van der Waals surface area (Å²) in [5.74, 6) is -8.74. The second-order valence-corrected chi connectivity index (χ2v) is 1.15. The Bertz CT molecular complexity index is 178. The standard InChI is InChI=1S/2C2H2O4.2Ca.4H2O/c2*3-1(4)2(5)6;;;;;;/h2*(H,3,4)(H,5,6);;;4*1H2/q;;2*+2;;;;/p-4. The molecule has 0 radical (unpaired) electrons. The largest absolute Gasteiger partial charge is 2.00 e. The minimum Gasteiger partial charge on any atom is -0.543 e. The van der Waals surface area contributed by atoms with Crippen LogP contribution in [0, 0.1) is 0 Å². The molecular formula is C4H8Ca2O12. The molecule has 0 aliphatic carbocycles. The molecule has 0 fully saturated rings. The van der Waals surface area contributed by atoms with E-state index in [2.05, 4.69) is 0 Å². The van der Waals surface area contributed by atoms with Crippen molar-refractivity contribution in [3.05, 3.63) is 0 Å². The number of carboxylic acid groups (broad SMARTS) is 4. The van der Waals surface area contributed by atoms with E-state index in [-0.39, 0.29) is 97.4 Å². The van der Waals surface area contributed by atoms with Gasteiger partial charge in [-0.05, 0) is 0 Å². The molecule has 0 aromatic heterocycles. The van der Waals surface area contributed by atoms with Gasteiger partial charge < -0.3 is 61.5 Å². The molecule has 0 aromatic rings. The van der Waals surface area contributed by atoms with Crippen molar-refractivity contribution in [1.29, 1.82) is 0 Å². The number of carbonyl (C=O) groups is 4. The third kappa shape index (κ3) is 55.6. The minimum atomic E-state index is -2.19. The smallest absolute Gasteiger partial charge is 0.543 e. The van der Waals surface area contributed by atoms with Gasteiger partial charge >= 0.3 is 75.5 Å². The molecule has 0 rings (SSSR count). The summed E-state index contributed by atoms with van der Waals surface area (Å²) in [5.41, 5.74) is 0. The Balaban J connectivity index is -0.0000000139. The molecule has 0 aliphatic rings. The van der Waals surface area contributed by atoms with Crippen molar-refractivity contribution in [2.75, 3.05) is 0 Å². The van der Waals surface area contributed by atoms with Crippen molar-refractivity contribution in [2.45, 2.75) is 0 Å². The molecule has 0 amide bonds. The Morgan fingerprint density at radius 3 is 0.500 bits per heavy atom. The molecule has 14 heteroatoms. The number of hydrogen-bond acceptors (Lipinski definition) is 8. The van der Waals surface area contributed by atoms with E-state index in [1.165, 1.54) is 0 Å². The Kier molecular flexibility index (Phi) is 87.2. The van der Waals surface area contributed by atoms with Gasteiger partial charge in [0.2, 0.25) is 0 Å². The van der Waals surface area contributed by atoms with E-state index in [0.29, 0.717) is 0 Å². The molecule has 0 saturated carbocycles. The van der Waals surface area contributed by atoms with Crippen LogP contribution in [0.25, 0.3) is 0 Å². The Labute approximate surface area is 159 Å². The number of hydrogen-bond donors (Lipinski definition) is 0. The summed E-state index contributed by atoms with van der Waals surface area (Å²) < 4.78 is 0. The van der Waals surface area contributed by atoms with Crippen LogP contribution >= 0.6 is 0 Å². The molecule has 0 heterocycles. The first-order chi connectivity index (χ1) is 5.29. The van der Waals surface area contributed by atoms with Gasteiger partial charge in [-0.15, -0.1) is 0 Å². The fraction of sp³-hybridized carbons (Fsp3) is 0. The van der Waals surface area contributed by atoms with Crippen LogP contribution < -0.4 is 20.4 Å². The molecule has 8 N–H and O–H groups in total. The molecule has 0 atom stereocenters. The fourth-order valence-electron chi connectivity index (χ4n) is 0. The van der Waals surface area contributed by atoms with Crippen molar-refractivity contribution in [2.24, 2.45) is 0 Å². The Morgan fingerprint density at radius 2 is 0.500 bits per heavy atom. The van der Waals surface area contributed by atoms with Gasteiger partial charge in [0.1, 0.15) is 0 Å². The zero-order valence-electron chi connectivity index (χ0n) is 8.68. The van der Waals surface area contributed by atoms with Gasteiger partial charge in [-0.2, -0.15) is 0 Å². The summed E-state index contributed by atoms with van der Waals surface area (Å²) >= 11 is 0. The molecule has 0 bridgehead atoms. The van der Waals surface area contributed by atoms with Crippen LogP contribution in [-0.4, -0.2) is 121 Å². The van der Waals surface area contributed by atoms with Crippen LogP contribution in [0.1, 0.15) is 0 Å². The summed E-state index contributed by atoms with van der Waals surface area (Å²) in [5, 5.41) is 35.7. The van der Waals surface area contributed by atoms with E-state index in [1.54, 1.807) is 0 Å². The minimum absolute atomic E-state index is 0. The predicted molar refractivity (Wildman–Crippen MR) is 46.0 cm³/mol. The van der Waals surface area contributed by atoms with Gasteiger partial charge in [0.25, 0.3) is 0 Å². The maximum atomic E-state index is 8.93. The van der Waals surface area contributed by atoms with Crippen LogP contribution in [0.2, 0.25) is 0 Å².